The Bertz CT molecular complexity index is 712. The Morgan fingerprint density at radius 1 is 1.42 bits per heavy atom. The molecule has 2 rings (SSSR count). The average molecular weight is 285 g/mol. The van der Waals surface area contributed by atoms with Gasteiger partial charge in [0.05, 0.1) is 17.4 Å². The van der Waals surface area contributed by atoms with Gasteiger partial charge in [-0.15, -0.1) is 0 Å². The van der Waals surface area contributed by atoms with Gasteiger partial charge in [-0.05, 0) is 18.2 Å². The van der Waals surface area contributed by atoms with E-state index in [4.69, 9.17) is 5.11 Å². The molecular weight excluding hydrogens is 277 g/mol. The monoisotopic (exact) mass is 285 g/mol. The maximum atomic E-state index is 13.1. The van der Waals surface area contributed by atoms with Crippen molar-refractivity contribution < 1.29 is 22.7 Å². The van der Waals surface area contributed by atoms with Crippen LogP contribution in [0.1, 0.15) is 10.4 Å². The molecule has 3 N–H and O–H groups in total. The number of halogens is 1. The zero-order valence-electron chi connectivity index (χ0n) is 9.29. The number of aromatic amines is 1. The highest BCUT2D eigenvalue weighted by molar-refractivity contribution is 7.92. The highest BCUT2D eigenvalue weighted by atomic mass is 32.2. The van der Waals surface area contributed by atoms with Crippen LogP contribution in [0.15, 0.2) is 35.5 Å². The van der Waals surface area contributed by atoms with E-state index in [1.165, 1.54) is 0 Å². The molecule has 2 aromatic rings. The lowest BCUT2D eigenvalue weighted by molar-refractivity contribution is 0.0698. The van der Waals surface area contributed by atoms with Crippen LogP contribution in [0.3, 0.4) is 0 Å². The van der Waals surface area contributed by atoms with Crippen molar-refractivity contribution in [1.82, 2.24) is 10.2 Å². The molecule has 0 amide bonds. The third kappa shape index (κ3) is 2.71. The third-order valence-electron chi connectivity index (χ3n) is 2.24. The van der Waals surface area contributed by atoms with Crippen LogP contribution in [-0.4, -0.2) is 29.7 Å². The van der Waals surface area contributed by atoms with Gasteiger partial charge in [-0.3, -0.25) is 9.82 Å². The topological polar surface area (TPSA) is 112 Å². The zero-order chi connectivity index (χ0) is 14.0. The lowest BCUT2D eigenvalue weighted by atomic mass is 10.2. The van der Waals surface area contributed by atoms with E-state index in [1.807, 2.05) is 4.72 Å². The zero-order valence-corrected chi connectivity index (χ0v) is 10.1. The number of nitrogens with one attached hydrogen (secondary N) is 2. The Hall–Kier alpha value is -2.42. The molecule has 0 unspecified atom stereocenters. The van der Waals surface area contributed by atoms with E-state index in [9.17, 15) is 17.6 Å². The highest BCUT2D eigenvalue weighted by Gasteiger charge is 2.19. The van der Waals surface area contributed by atoms with Crippen LogP contribution >= 0.6 is 0 Å². The molecule has 0 aliphatic rings. The molecule has 0 spiro atoms. The summed E-state index contributed by atoms with van der Waals surface area (Å²) in [5.74, 6) is -2.13. The van der Waals surface area contributed by atoms with Crippen LogP contribution < -0.4 is 4.72 Å². The standard InChI is InChI=1S/C10H8FN3O4S/c11-6-1-2-8(10(15)16)9(3-6)14-19(17,18)7-4-12-13-5-7/h1-5,14H,(H,12,13)(H,15,16). The number of sulfonamides is 1. The Morgan fingerprint density at radius 2 is 2.16 bits per heavy atom. The van der Waals surface area contributed by atoms with Crippen molar-refractivity contribution >= 4 is 21.7 Å². The summed E-state index contributed by atoms with van der Waals surface area (Å²) in [7, 11) is -4.02. The predicted molar refractivity (Wildman–Crippen MR) is 62.8 cm³/mol. The van der Waals surface area contributed by atoms with Crippen LogP contribution in [0, 0.1) is 5.82 Å². The van der Waals surface area contributed by atoms with Crippen molar-refractivity contribution in [2.45, 2.75) is 4.90 Å². The summed E-state index contributed by atoms with van der Waals surface area (Å²) < 4.78 is 38.8. The molecule has 100 valence electrons. The number of aromatic carboxylic acids is 1. The number of nitrogens with zero attached hydrogens (tertiary/aromatic N) is 1. The van der Waals surface area contributed by atoms with Gasteiger partial charge < -0.3 is 5.11 Å². The van der Waals surface area contributed by atoms with Gasteiger partial charge in [-0.25, -0.2) is 17.6 Å². The van der Waals surface area contributed by atoms with Gasteiger partial charge in [0.15, 0.2) is 0 Å². The number of aromatic nitrogens is 2. The minimum Gasteiger partial charge on any atom is -0.478 e. The number of carboxylic acid groups (broad SMARTS) is 1. The summed E-state index contributed by atoms with van der Waals surface area (Å²) in [5, 5.41) is 14.7. The first-order valence-electron chi connectivity index (χ1n) is 4.94. The smallest absolute Gasteiger partial charge is 0.337 e. The lowest BCUT2D eigenvalue weighted by Gasteiger charge is -2.09. The first kappa shape index (κ1) is 13.0. The highest BCUT2D eigenvalue weighted by Crippen LogP contribution is 2.21. The summed E-state index contributed by atoms with van der Waals surface area (Å²) in [6, 6.07) is 2.70. The summed E-state index contributed by atoms with van der Waals surface area (Å²) >= 11 is 0. The van der Waals surface area contributed by atoms with E-state index in [0.29, 0.717) is 0 Å². The van der Waals surface area contributed by atoms with Crippen molar-refractivity contribution in [2.24, 2.45) is 0 Å². The number of benzene rings is 1. The Kier molecular flexibility index (Phi) is 3.21. The number of rotatable bonds is 4. The normalized spacial score (nSPS) is 11.2. The Labute approximate surface area is 107 Å². The summed E-state index contributed by atoms with van der Waals surface area (Å²) in [6.45, 7) is 0. The maximum absolute atomic E-state index is 13.1. The number of carbonyl (C=O) groups is 1. The average Bonchev–Trinajstić information content (AvgIpc) is 2.81. The number of hydrogen-bond acceptors (Lipinski definition) is 4. The molecule has 0 aliphatic heterocycles. The van der Waals surface area contributed by atoms with Crippen LogP contribution in [-0.2, 0) is 10.0 Å². The number of carboxylic acids is 1. The molecule has 0 saturated carbocycles. The first-order valence-corrected chi connectivity index (χ1v) is 6.43. The van der Waals surface area contributed by atoms with Crippen LogP contribution in [0.5, 0.6) is 0 Å². The molecule has 7 nitrogen and oxygen atoms in total. The molecular formula is C10H8FN3O4S. The fourth-order valence-electron chi connectivity index (χ4n) is 1.38. The Morgan fingerprint density at radius 3 is 2.74 bits per heavy atom. The summed E-state index contributed by atoms with van der Waals surface area (Å²) in [5.41, 5.74) is -0.706. The fourth-order valence-corrected chi connectivity index (χ4v) is 2.35. The van der Waals surface area contributed by atoms with Crippen molar-refractivity contribution in [3.8, 4) is 0 Å². The first-order chi connectivity index (χ1) is 8.90. The van der Waals surface area contributed by atoms with E-state index in [1.54, 1.807) is 0 Å². The van der Waals surface area contributed by atoms with E-state index in [2.05, 4.69) is 10.2 Å². The van der Waals surface area contributed by atoms with Crippen molar-refractivity contribution in [1.29, 1.82) is 0 Å². The molecule has 0 bridgehead atoms. The molecule has 1 heterocycles. The van der Waals surface area contributed by atoms with Gasteiger partial charge in [0.1, 0.15) is 10.7 Å². The van der Waals surface area contributed by atoms with Crippen LogP contribution in [0.25, 0.3) is 0 Å². The molecule has 0 fully saturated rings. The molecule has 0 radical (unpaired) electrons. The largest absolute Gasteiger partial charge is 0.478 e. The van der Waals surface area contributed by atoms with Crippen molar-refractivity contribution in [3.63, 3.8) is 0 Å². The SMILES string of the molecule is O=C(O)c1ccc(F)cc1NS(=O)(=O)c1cn[nH]c1. The number of hydrogen-bond donors (Lipinski definition) is 3. The van der Waals surface area contributed by atoms with Gasteiger partial charge in [0, 0.05) is 6.20 Å². The molecule has 0 saturated heterocycles. The molecule has 9 heteroatoms. The predicted octanol–water partition coefficient (Wildman–Crippen LogP) is 1.05. The second-order valence-electron chi connectivity index (χ2n) is 3.53. The van der Waals surface area contributed by atoms with E-state index in [0.717, 1.165) is 30.6 Å². The van der Waals surface area contributed by atoms with Gasteiger partial charge in [-0.1, -0.05) is 0 Å². The number of H-pyrrole nitrogens is 1. The second-order valence-corrected chi connectivity index (χ2v) is 5.22. The Balaban J connectivity index is 2.44. The van der Waals surface area contributed by atoms with Crippen LogP contribution in [0.2, 0.25) is 0 Å². The second kappa shape index (κ2) is 4.69. The van der Waals surface area contributed by atoms with E-state index < -0.39 is 21.8 Å². The van der Waals surface area contributed by atoms with E-state index >= 15 is 0 Å². The third-order valence-corrected chi connectivity index (χ3v) is 3.57. The minimum atomic E-state index is -4.02. The molecule has 1 aromatic carbocycles. The summed E-state index contributed by atoms with van der Waals surface area (Å²) in [6.07, 6.45) is 2.16. The quantitative estimate of drug-likeness (QED) is 0.777. The summed E-state index contributed by atoms with van der Waals surface area (Å²) in [4.78, 5) is 10.7. The molecule has 0 atom stereocenters. The van der Waals surface area contributed by atoms with Gasteiger partial charge >= 0.3 is 5.97 Å². The van der Waals surface area contributed by atoms with Gasteiger partial charge in [0.2, 0.25) is 0 Å². The van der Waals surface area contributed by atoms with Crippen molar-refractivity contribution in [2.75, 3.05) is 4.72 Å². The van der Waals surface area contributed by atoms with Crippen LogP contribution in [0.4, 0.5) is 10.1 Å². The fraction of sp³-hybridized carbons (Fsp3) is 0. The molecule has 0 aliphatic carbocycles. The van der Waals surface area contributed by atoms with Gasteiger partial charge in [-0.2, -0.15) is 5.10 Å². The lowest BCUT2D eigenvalue weighted by Crippen LogP contribution is -2.15. The minimum absolute atomic E-state index is 0.187. The van der Waals surface area contributed by atoms with Gasteiger partial charge in [0.25, 0.3) is 10.0 Å². The molecule has 19 heavy (non-hydrogen) atoms. The number of anilines is 1. The van der Waals surface area contributed by atoms with Crippen molar-refractivity contribution in [3.05, 3.63) is 42.0 Å². The molecule has 1 aromatic heterocycles. The van der Waals surface area contributed by atoms with E-state index in [-0.39, 0.29) is 16.1 Å². The maximum Gasteiger partial charge on any atom is 0.337 e.